The highest BCUT2D eigenvalue weighted by Crippen LogP contribution is 2.49. The van der Waals surface area contributed by atoms with E-state index in [0.717, 1.165) is 0 Å². The molecule has 9 atom stereocenters. The van der Waals surface area contributed by atoms with Gasteiger partial charge in [0.2, 0.25) is 11.6 Å². The van der Waals surface area contributed by atoms with Gasteiger partial charge in [0, 0.05) is 6.42 Å². The molecule has 0 amide bonds. The van der Waals surface area contributed by atoms with Crippen molar-refractivity contribution >= 4 is 0 Å². The minimum absolute atomic E-state index is 0.0400. The van der Waals surface area contributed by atoms with Crippen LogP contribution in [-0.4, -0.2) is 114 Å². The fraction of sp³-hybridized carbons (Fsp3) is 1.00. The Morgan fingerprint density at radius 2 is 1.29 bits per heavy atom. The molecule has 0 aromatic heterocycles. The van der Waals surface area contributed by atoms with Crippen molar-refractivity contribution < 1.29 is 55.1 Å². The highest BCUT2D eigenvalue weighted by molar-refractivity contribution is 5.10. The normalized spacial score (nSPS) is 45.9. The van der Waals surface area contributed by atoms with Gasteiger partial charge in [0.25, 0.3) is 0 Å². The standard InChI is InChI=1S/C20H38O11/c1-3-5-7-18(28)16(26)14(24)13(10-22)30-20(18,8-6-4-2)31-19(11-23)17(27)15(25)12(9-21)29-19/h12-17,21-28H,3-11H2,1-2H3/t12-,13-,14-,15-,16+,17+,18-,19?,20+/m1/s1. The molecule has 0 aliphatic carbocycles. The number of ether oxygens (including phenoxy) is 3. The van der Waals surface area contributed by atoms with Crippen LogP contribution in [0.5, 0.6) is 0 Å². The lowest BCUT2D eigenvalue weighted by Crippen LogP contribution is -2.76. The molecule has 0 bridgehead atoms. The fourth-order valence-electron chi connectivity index (χ4n) is 4.44. The predicted octanol–water partition coefficient (Wildman–Crippen LogP) is -2.27. The van der Waals surface area contributed by atoms with Gasteiger partial charge >= 0.3 is 0 Å². The number of aliphatic hydroxyl groups is 8. The van der Waals surface area contributed by atoms with Crippen LogP contribution in [0.1, 0.15) is 52.4 Å². The van der Waals surface area contributed by atoms with E-state index in [1.807, 2.05) is 13.8 Å². The summed E-state index contributed by atoms with van der Waals surface area (Å²) in [5, 5.41) is 83.0. The number of aliphatic hydroxyl groups excluding tert-OH is 7. The molecule has 8 N–H and O–H groups in total. The van der Waals surface area contributed by atoms with Crippen LogP contribution in [0, 0.1) is 0 Å². The summed E-state index contributed by atoms with van der Waals surface area (Å²) in [5.41, 5.74) is -2.20. The smallest absolute Gasteiger partial charge is 0.224 e. The summed E-state index contributed by atoms with van der Waals surface area (Å²) in [5.74, 6) is -4.40. The van der Waals surface area contributed by atoms with Gasteiger partial charge in [-0.2, -0.15) is 0 Å². The third-order valence-corrected chi connectivity index (χ3v) is 6.39. The first-order chi connectivity index (χ1) is 14.6. The molecule has 184 valence electrons. The summed E-state index contributed by atoms with van der Waals surface area (Å²) in [6.07, 6.45) is -7.44. The third kappa shape index (κ3) is 4.64. The van der Waals surface area contributed by atoms with Crippen molar-refractivity contribution in [3.05, 3.63) is 0 Å². The number of hydrogen-bond donors (Lipinski definition) is 8. The summed E-state index contributed by atoms with van der Waals surface area (Å²) in [6, 6.07) is 0. The van der Waals surface area contributed by atoms with Gasteiger partial charge in [0.15, 0.2) is 0 Å². The Bertz CT molecular complexity index is 565. The molecule has 0 spiro atoms. The van der Waals surface area contributed by atoms with Gasteiger partial charge < -0.3 is 55.1 Å². The van der Waals surface area contributed by atoms with Crippen LogP contribution in [0.15, 0.2) is 0 Å². The van der Waals surface area contributed by atoms with Crippen molar-refractivity contribution in [2.45, 2.75) is 106 Å². The molecule has 2 aliphatic rings. The summed E-state index contributed by atoms with van der Waals surface area (Å²) in [6.45, 7) is 1.39. The first-order valence-corrected chi connectivity index (χ1v) is 10.9. The lowest BCUT2D eigenvalue weighted by Gasteiger charge is -2.57. The highest BCUT2D eigenvalue weighted by atomic mass is 16.8. The SMILES string of the molecule is CCCC[C@@]1(OC2(CO)O[C@H](CO)[C@@H](O)[C@@H]2O)O[C@H](CO)[C@@H](O)[C@H](O)[C@]1(O)CCCC. The zero-order valence-corrected chi connectivity index (χ0v) is 18.1. The molecule has 2 heterocycles. The molecular weight excluding hydrogens is 416 g/mol. The van der Waals surface area contributed by atoms with Crippen LogP contribution < -0.4 is 0 Å². The average molecular weight is 455 g/mol. The van der Waals surface area contributed by atoms with E-state index in [4.69, 9.17) is 14.2 Å². The van der Waals surface area contributed by atoms with E-state index in [1.165, 1.54) is 0 Å². The van der Waals surface area contributed by atoms with Crippen LogP contribution in [0.2, 0.25) is 0 Å². The molecular formula is C20H38O11. The molecule has 0 aromatic rings. The fourth-order valence-corrected chi connectivity index (χ4v) is 4.44. The van der Waals surface area contributed by atoms with Crippen LogP contribution in [0.4, 0.5) is 0 Å². The summed E-state index contributed by atoms with van der Waals surface area (Å²) < 4.78 is 17.4. The lowest BCUT2D eigenvalue weighted by atomic mass is 9.74. The quantitative estimate of drug-likeness (QED) is 0.168. The molecule has 0 radical (unpaired) electrons. The second kappa shape index (κ2) is 10.7. The van der Waals surface area contributed by atoms with E-state index in [2.05, 4.69) is 0 Å². The first kappa shape index (κ1) is 26.8. The lowest BCUT2D eigenvalue weighted by molar-refractivity contribution is -0.461. The van der Waals surface area contributed by atoms with Gasteiger partial charge in [-0.05, 0) is 12.8 Å². The van der Waals surface area contributed by atoms with Gasteiger partial charge in [-0.3, -0.25) is 0 Å². The summed E-state index contributed by atoms with van der Waals surface area (Å²) >= 11 is 0. The van der Waals surface area contributed by atoms with E-state index in [-0.39, 0.29) is 12.8 Å². The van der Waals surface area contributed by atoms with Crippen LogP contribution in [0.25, 0.3) is 0 Å². The van der Waals surface area contributed by atoms with Crippen LogP contribution in [0.3, 0.4) is 0 Å². The first-order valence-electron chi connectivity index (χ1n) is 10.9. The second-order valence-corrected chi connectivity index (χ2v) is 8.50. The Hall–Kier alpha value is -0.440. The molecule has 11 nitrogen and oxygen atoms in total. The van der Waals surface area contributed by atoms with Gasteiger partial charge in [0.05, 0.1) is 13.2 Å². The zero-order valence-electron chi connectivity index (χ0n) is 18.1. The molecule has 1 unspecified atom stereocenters. The van der Waals surface area contributed by atoms with Gasteiger partial charge in [-0.15, -0.1) is 0 Å². The second-order valence-electron chi connectivity index (χ2n) is 8.50. The molecule has 2 rings (SSSR count). The Morgan fingerprint density at radius 1 is 0.774 bits per heavy atom. The maximum atomic E-state index is 11.7. The van der Waals surface area contributed by atoms with Crippen molar-refractivity contribution in [3.8, 4) is 0 Å². The van der Waals surface area contributed by atoms with Crippen molar-refractivity contribution in [2.75, 3.05) is 19.8 Å². The predicted molar refractivity (Wildman–Crippen MR) is 106 cm³/mol. The van der Waals surface area contributed by atoms with E-state index in [0.29, 0.717) is 25.7 Å². The molecule has 2 fully saturated rings. The monoisotopic (exact) mass is 454 g/mol. The van der Waals surface area contributed by atoms with Crippen LogP contribution in [-0.2, 0) is 14.2 Å². The average Bonchev–Trinajstić information content (AvgIpc) is 3.02. The number of hydrogen-bond acceptors (Lipinski definition) is 11. The molecule has 2 saturated heterocycles. The van der Waals surface area contributed by atoms with Crippen molar-refractivity contribution in [3.63, 3.8) is 0 Å². The van der Waals surface area contributed by atoms with Crippen molar-refractivity contribution in [2.24, 2.45) is 0 Å². The maximum Gasteiger partial charge on any atom is 0.224 e. The molecule has 2 aliphatic heterocycles. The molecule has 11 heteroatoms. The zero-order chi connectivity index (χ0) is 23.4. The van der Waals surface area contributed by atoms with E-state index < -0.39 is 73.6 Å². The molecule has 0 aromatic carbocycles. The Balaban J connectivity index is 2.58. The van der Waals surface area contributed by atoms with E-state index in [1.54, 1.807) is 0 Å². The third-order valence-electron chi connectivity index (χ3n) is 6.39. The Kier molecular flexibility index (Phi) is 9.22. The summed E-state index contributed by atoms with van der Waals surface area (Å²) in [4.78, 5) is 0. The topological polar surface area (TPSA) is 190 Å². The molecule has 0 saturated carbocycles. The molecule has 31 heavy (non-hydrogen) atoms. The Morgan fingerprint density at radius 3 is 1.77 bits per heavy atom. The van der Waals surface area contributed by atoms with Gasteiger partial charge in [-0.1, -0.05) is 33.1 Å². The van der Waals surface area contributed by atoms with E-state index >= 15 is 0 Å². The largest absolute Gasteiger partial charge is 0.394 e. The number of unbranched alkanes of at least 4 members (excludes halogenated alkanes) is 2. The Labute approximate surface area is 181 Å². The minimum atomic E-state index is -2.29. The number of rotatable bonds is 11. The van der Waals surface area contributed by atoms with Gasteiger partial charge in [-0.25, -0.2) is 0 Å². The summed E-state index contributed by atoms with van der Waals surface area (Å²) in [7, 11) is 0. The van der Waals surface area contributed by atoms with Crippen LogP contribution >= 0.6 is 0 Å². The minimum Gasteiger partial charge on any atom is -0.394 e. The van der Waals surface area contributed by atoms with Gasteiger partial charge in [0.1, 0.15) is 48.8 Å². The van der Waals surface area contributed by atoms with Crippen molar-refractivity contribution in [1.29, 1.82) is 0 Å². The highest BCUT2D eigenvalue weighted by Gasteiger charge is 2.68. The maximum absolute atomic E-state index is 11.7. The van der Waals surface area contributed by atoms with Crippen molar-refractivity contribution in [1.82, 2.24) is 0 Å². The van der Waals surface area contributed by atoms with E-state index in [9.17, 15) is 40.9 Å².